The highest BCUT2D eigenvalue weighted by Gasteiger charge is 2.22. The van der Waals surface area contributed by atoms with Gasteiger partial charge in [-0.25, -0.2) is 0 Å². The number of hydrogen-bond acceptors (Lipinski definition) is 4. The van der Waals surface area contributed by atoms with Crippen molar-refractivity contribution in [3.05, 3.63) is 29.8 Å². The number of rotatable bonds is 7. The maximum absolute atomic E-state index is 11.9. The molecule has 1 rings (SSSR count). The molecule has 0 heterocycles. The lowest BCUT2D eigenvalue weighted by molar-refractivity contribution is -0.127. The van der Waals surface area contributed by atoms with Crippen molar-refractivity contribution in [2.24, 2.45) is 5.73 Å². The van der Waals surface area contributed by atoms with Crippen LogP contribution in [0.25, 0.3) is 0 Å². The van der Waals surface area contributed by atoms with Gasteiger partial charge >= 0.3 is 0 Å². The Morgan fingerprint density at radius 3 is 2.55 bits per heavy atom. The second-order valence-corrected chi connectivity index (χ2v) is 4.64. The number of nitrogen functional groups attached to an aromatic ring is 1. The minimum absolute atomic E-state index is 0.00658. The minimum Gasteiger partial charge on any atom is -0.398 e. The van der Waals surface area contributed by atoms with Gasteiger partial charge in [0.05, 0.1) is 12.6 Å². The molecule has 0 aromatic heterocycles. The first kappa shape index (κ1) is 16.0. The quantitative estimate of drug-likeness (QED) is 0.615. The molecule has 1 unspecified atom stereocenters. The first-order valence-corrected chi connectivity index (χ1v) is 6.59. The molecule has 1 aromatic carbocycles. The van der Waals surface area contributed by atoms with E-state index in [2.05, 4.69) is 5.32 Å². The van der Waals surface area contributed by atoms with Crippen LogP contribution < -0.4 is 16.8 Å². The van der Waals surface area contributed by atoms with Crippen LogP contribution in [0.4, 0.5) is 5.69 Å². The number of nitrogens with zero attached hydrogens (tertiary/aromatic N) is 1. The van der Waals surface area contributed by atoms with Crippen LogP contribution in [0, 0.1) is 0 Å². The summed E-state index contributed by atoms with van der Waals surface area (Å²) in [5.74, 6) is -0.612. The van der Waals surface area contributed by atoms with Gasteiger partial charge in [0.25, 0.3) is 0 Å². The summed E-state index contributed by atoms with van der Waals surface area (Å²) in [6.45, 7) is 4.53. The number of anilines is 1. The van der Waals surface area contributed by atoms with Gasteiger partial charge in [-0.2, -0.15) is 0 Å². The average Bonchev–Trinajstić information content (AvgIpc) is 2.39. The van der Waals surface area contributed by atoms with Crippen molar-refractivity contribution in [3.8, 4) is 0 Å². The van der Waals surface area contributed by atoms with Crippen molar-refractivity contribution >= 4 is 17.5 Å². The Morgan fingerprint density at radius 2 is 2.00 bits per heavy atom. The fraction of sp³-hybridized carbons (Fsp3) is 0.429. The molecule has 0 spiro atoms. The third-order valence-electron chi connectivity index (χ3n) is 3.07. The molecule has 6 heteroatoms. The molecular weight excluding hydrogens is 256 g/mol. The van der Waals surface area contributed by atoms with Crippen molar-refractivity contribution in [1.29, 1.82) is 0 Å². The largest absolute Gasteiger partial charge is 0.398 e. The third-order valence-corrected chi connectivity index (χ3v) is 3.07. The zero-order chi connectivity index (χ0) is 15.1. The molecule has 0 fully saturated rings. The molecule has 0 saturated carbocycles. The van der Waals surface area contributed by atoms with E-state index >= 15 is 0 Å². The van der Waals surface area contributed by atoms with Crippen LogP contribution in [-0.2, 0) is 16.1 Å². The number of benzene rings is 1. The average molecular weight is 278 g/mol. The molecule has 0 saturated heterocycles. The zero-order valence-electron chi connectivity index (χ0n) is 11.9. The smallest absolute Gasteiger partial charge is 0.237 e. The summed E-state index contributed by atoms with van der Waals surface area (Å²) in [5, 5.41) is 2.74. The maximum Gasteiger partial charge on any atom is 0.237 e. The van der Waals surface area contributed by atoms with Crippen molar-refractivity contribution < 1.29 is 9.59 Å². The molecule has 1 atom stereocenters. The Kier molecular flexibility index (Phi) is 5.99. The number of likely N-dealkylation sites (N-methyl/N-ethyl adjacent to an activating group) is 1. The number of nitrogens with one attached hydrogen (secondary N) is 1. The van der Waals surface area contributed by atoms with E-state index in [0.717, 1.165) is 5.56 Å². The number of para-hydroxylation sites is 1. The number of nitrogens with two attached hydrogens (primary N) is 2. The molecule has 0 aliphatic heterocycles. The van der Waals surface area contributed by atoms with Gasteiger partial charge in [0.2, 0.25) is 11.8 Å². The molecule has 2 amide bonds. The lowest BCUT2D eigenvalue weighted by Gasteiger charge is -2.27. The van der Waals surface area contributed by atoms with Gasteiger partial charge in [-0.1, -0.05) is 18.2 Å². The lowest BCUT2D eigenvalue weighted by Crippen LogP contribution is -2.47. The Balaban J connectivity index is 2.86. The number of amides is 2. The standard InChI is InChI=1S/C14H22N4O2/c1-3-17-14(20)10(2)18(9-13(16)19)8-11-6-4-5-7-12(11)15/h4-7,10H,3,8-9,15H2,1-2H3,(H2,16,19)(H,17,20). The molecule has 110 valence electrons. The van der Waals surface area contributed by atoms with Crippen LogP contribution in [0.15, 0.2) is 24.3 Å². The molecule has 6 nitrogen and oxygen atoms in total. The fourth-order valence-corrected chi connectivity index (χ4v) is 1.91. The van der Waals surface area contributed by atoms with Gasteiger partial charge in [-0.15, -0.1) is 0 Å². The first-order chi connectivity index (χ1) is 9.45. The van der Waals surface area contributed by atoms with E-state index in [1.165, 1.54) is 0 Å². The van der Waals surface area contributed by atoms with E-state index in [0.29, 0.717) is 18.8 Å². The minimum atomic E-state index is -0.476. The summed E-state index contributed by atoms with van der Waals surface area (Å²) in [5.41, 5.74) is 12.6. The molecule has 0 bridgehead atoms. The predicted molar refractivity (Wildman–Crippen MR) is 78.6 cm³/mol. The number of primary amides is 1. The molecule has 5 N–H and O–H groups in total. The summed E-state index contributed by atoms with van der Waals surface area (Å²) in [4.78, 5) is 24.8. The Hall–Kier alpha value is -2.08. The Bertz CT molecular complexity index is 476. The molecule has 0 aliphatic rings. The maximum atomic E-state index is 11.9. The van der Waals surface area contributed by atoms with E-state index in [-0.39, 0.29) is 12.5 Å². The van der Waals surface area contributed by atoms with Gasteiger partial charge in [0.15, 0.2) is 0 Å². The summed E-state index contributed by atoms with van der Waals surface area (Å²) in [7, 11) is 0. The van der Waals surface area contributed by atoms with Gasteiger partial charge in [0.1, 0.15) is 0 Å². The second-order valence-electron chi connectivity index (χ2n) is 4.64. The van der Waals surface area contributed by atoms with Gasteiger partial charge in [-0.3, -0.25) is 14.5 Å². The topological polar surface area (TPSA) is 101 Å². The highest BCUT2D eigenvalue weighted by molar-refractivity contribution is 5.82. The highest BCUT2D eigenvalue weighted by Crippen LogP contribution is 2.15. The van der Waals surface area contributed by atoms with Crippen LogP contribution in [0.3, 0.4) is 0 Å². The van der Waals surface area contributed by atoms with Crippen molar-refractivity contribution in [2.75, 3.05) is 18.8 Å². The Labute approximate surface area is 119 Å². The fourth-order valence-electron chi connectivity index (χ4n) is 1.91. The van der Waals surface area contributed by atoms with Gasteiger partial charge in [0, 0.05) is 18.8 Å². The van der Waals surface area contributed by atoms with E-state index in [1.54, 1.807) is 17.9 Å². The predicted octanol–water partition coefficient (Wildman–Crippen LogP) is 0.0807. The normalized spacial score (nSPS) is 12.2. The third kappa shape index (κ3) is 4.55. The van der Waals surface area contributed by atoms with E-state index < -0.39 is 11.9 Å². The molecular formula is C14H22N4O2. The van der Waals surface area contributed by atoms with Gasteiger partial charge < -0.3 is 16.8 Å². The molecule has 0 aliphatic carbocycles. The van der Waals surface area contributed by atoms with Crippen molar-refractivity contribution in [2.45, 2.75) is 26.4 Å². The molecule has 1 aromatic rings. The van der Waals surface area contributed by atoms with Crippen LogP contribution >= 0.6 is 0 Å². The van der Waals surface area contributed by atoms with Gasteiger partial charge in [-0.05, 0) is 25.5 Å². The number of carbonyl (C=O) groups excluding carboxylic acids is 2. The van der Waals surface area contributed by atoms with E-state index in [1.807, 2.05) is 25.1 Å². The monoisotopic (exact) mass is 278 g/mol. The molecule has 0 radical (unpaired) electrons. The second kappa shape index (κ2) is 7.49. The van der Waals surface area contributed by atoms with E-state index in [9.17, 15) is 9.59 Å². The van der Waals surface area contributed by atoms with Crippen molar-refractivity contribution in [1.82, 2.24) is 10.2 Å². The van der Waals surface area contributed by atoms with Crippen LogP contribution in [-0.4, -0.2) is 35.8 Å². The Morgan fingerprint density at radius 1 is 1.35 bits per heavy atom. The SMILES string of the molecule is CCNC(=O)C(C)N(CC(N)=O)Cc1ccccc1N. The van der Waals surface area contributed by atoms with Crippen LogP contribution in [0.5, 0.6) is 0 Å². The van der Waals surface area contributed by atoms with Crippen LogP contribution in [0.2, 0.25) is 0 Å². The highest BCUT2D eigenvalue weighted by atomic mass is 16.2. The summed E-state index contributed by atoms with van der Waals surface area (Å²) in [6, 6.07) is 6.90. The first-order valence-electron chi connectivity index (χ1n) is 6.59. The zero-order valence-corrected chi connectivity index (χ0v) is 11.9. The lowest BCUT2D eigenvalue weighted by atomic mass is 10.1. The number of carbonyl (C=O) groups is 2. The van der Waals surface area contributed by atoms with Crippen LogP contribution in [0.1, 0.15) is 19.4 Å². The van der Waals surface area contributed by atoms with E-state index in [4.69, 9.17) is 11.5 Å². The summed E-state index contributed by atoms with van der Waals surface area (Å²) >= 11 is 0. The summed E-state index contributed by atoms with van der Waals surface area (Å²) < 4.78 is 0. The van der Waals surface area contributed by atoms with Crippen molar-refractivity contribution in [3.63, 3.8) is 0 Å². The summed E-state index contributed by atoms with van der Waals surface area (Å²) in [6.07, 6.45) is 0. The number of hydrogen-bond donors (Lipinski definition) is 3. The molecule has 20 heavy (non-hydrogen) atoms.